The van der Waals surface area contributed by atoms with Gasteiger partial charge in [-0.3, -0.25) is 9.59 Å². The summed E-state index contributed by atoms with van der Waals surface area (Å²) in [6.45, 7) is 5.33. The van der Waals surface area contributed by atoms with Crippen molar-refractivity contribution in [1.29, 1.82) is 0 Å². The highest BCUT2D eigenvalue weighted by Gasteiger charge is 2.55. The molecule has 0 spiro atoms. The first-order valence-corrected chi connectivity index (χ1v) is 9.67. The molecule has 5 nitrogen and oxygen atoms in total. The Morgan fingerprint density at radius 1 is 1.00 bits per heavy atom. The van der Waals surface area contributed by atoms with Gasteiger partial charge in [0.05, 0.1) is 0 Å². The van der Waals surface area contributed by atoms with E-state index in [9.17, 15) is 9.59 Å². The summed E-state index contributed by atoms with van der Waals surface area (Å²) in [4.78, 5) is 25.6. The third-order valence-corrected chi connectivity index (χ3v) is 6.43. The summed E-state index contributed by atoms with van der Waals surface area (Å²) in [5.41, 5.74) is -0.187. The monoisotopic (exact) mass is 335 g/mol. The molecule has 0 aliphatic heterocycles. The largest absolute Gasteiger partial charge is 0.353 e. The van der Waals surface area contributed by atoms with Crippen LogP contribution in [0.5, 0.6) is 0 Å². The molecule has 1 unspecified atom stereocenters. The van der Waals surface area contributed by atoms with E-state index < -0.39 is 6.04 Å². The number of amides is 2. The molecule has 0 radical (unpaired) electrons. The third-order valence-electron chi connectivity index (χ3n) is 6.43. The Hall–Kier alpha value is -1.10. The number of carbonyl (C=O) groups is 2. The van der Waals surface area contributed by atoms with E-state index in [-0.39, 0.29) is 23.1 Å². The lowest BCUT2D eigenvalue weighted by Crippen LogP contribution is -2.58. The third kappa shape index (κ3) is 3.46. The van der Waals surface area contributed by atoms with E-state index in [0.29, 0.717) is 6.54 Å². The topological polar surface area (TPSA) is 70.2 Å². The molecule has 4 aliphatic carbocycles. The van der Waals surface area contributed by atoms with Gasteiger partial charge < -0.3 is 16.0 Å². The summed E-state index contributed by atoms with van der Waals surface area (Å²) in [7, 11) is 1.86. The number of likely N-dealkylation sites (N-methyl/N-ethyl adjacent to an activating group) is 1. The van der Waals surface area contributed by atoms with Crippen LogP contribution in [-0.2, 0) is 9.59 Å². The Labute approximate surface area is 145 Å². The molecule has 0 aromatic carbocycles. The van der Waals surface area contributed by atoms with Gasteiger partial charge in [0, 0.05) is 18.5 Å². The van der Waals surface area contributed by atoms with E-state index in [1.807, 2.05) is 20.9 Å². The van der Waals surface area contributed by atoms with Gasteiger partial charge in [0.15, 0.2) is 0 Å². The van der Waals surface area contributed by atoms with Crippen LogP contribution in [0.2, 0.25) is 0 Å². The molecule has 24 heavy (non-hydrogen) atoms. The van der Waals surface area contributed by atoms with E-state index in [4.69, 9.17) is 0 Å². The van der Waals surface area contributed by atoms with Crippen LogP contribution >= 0.6 is 0 Å². The molecule has 4 aliphatic rings. The smallest absolute Gasteiger partial charge is 0.242 e. The van der Waals surface area contributed by atoms with Crippen LogP contribution < -0.4 is 16.0 Å². The predicted octanol–water partition coefficient (Wildman–Crippen LogP) is 1.68. The molecule has 4 bridgehead atoms. The van der Waals surface area contributed by atoms with Gasteiger partial charge in [0.2, 0.25) is 11.8 Å². The average Bonchev–Trinajstić information content (AvgIpc) is 2.50. The fourth-order valence-electron chi connectivity index (χ4n) is 5.64. The molecular formula is C19H33N3O2. The Morgan fingerprint density at radius 3 is 2.00 bits per heavy atom. The second-order valence-electron chi connectivity index (χ2n) is 8.79. The van der Waals surface area contributed by atoms with Crippen LogP contribution in [0.15, 0.2) is 0 Å². The van der Waals surface area contributed by atoms with Gasteiger partial charge in [-0.05, 0) is 69.2 Å². The molecule has 1 atom stereocenters. The molecule has 3 N–H and O–H groups in total. The summed E-state index contributed by atoms with van der Waals surface area (Å²) in [5.74, 6) is 2.40. The van der Waals surface area contributed by atoms with Crippen LogP contribution in [-0.4, -0.2) is 38.0 Å². The van der Waals surface area contributed by atoms with Gasteiger partial charge in [0.1, 0.15) is 6.04 Å². The van der Waals surface area contributed by atoms with Crippen molar-refractivity contribution >= 4 is 11.8 Å². The van der Waals surface area contributed by atoms with E-state index in [1.165, 1.54) is 19.3 Å². The molecule has 4 saturated carbocycles. The first-order chi connectivity index (χ1) is 11.4. The van der Waals surface area contributed by atoms with Crippen molar-refractivity contribution in [2.45, 2.75) is 58.4 Å². The zero-order chi connectivity index (χ0) is 17.3. The van der Waals surface area contributed by atoms with Crippen LogP contribution in [0.1, 0.15) is 52.4 Å². The van der Waals surface area contributed by atoms with Gasteiger partial charge >= 0.3 is 0 Å². The minimum atomic E-state index is -0.428. The minimum absolute atomic E-state index is 0.0571. The molecule has 2 amide bonds. The fourth-order valence-corrected chi connectivity index (χ4v) is 5.64. The van der Waals surface area contributed by atoms with E-state index >= 15 is 0 Å². The van der Waals surface area contributed by atoms with Crippen molar-refractivity contribution in [3.8, 4) is 0 Å². The van der Waals surface area contributed by atoms with Crippen molar-refractivity contribution < 1.29 is 9.59 Å². The molecule has 136 valence electrons. The molecule has 4 fully saturated rings. The molecule has 0 aromatic rings. The summed E-state index contributed by atoms with van der Waals surface area (Å²) < 4.78 is 0. The van der Waals surface area contributed by atoms with E-state index in [0.717, 1.165) is 43.6 Å². The van der Waals surface area contributed by atoms with Crippen molar-refractivity contribution in [1.82, 2.24) is 16.0 Å². The zero-order valence-corrected chi connectivity index (χ0v) is 15.4. The first-order valence-electron chi connectivity index (χ1n) is 9.67. The fraction of sp³-hybridized carbons (Fsp3) is 0.895. The highest BCUT2D eigenvalue weighted by atomic mass is 16.2. The molecule has 0 saturated heterocycles. The second kappa shape index (κ2) is 7.03. The van der Waals surface area contributed by atoms with Gasteiger partial charge in [-0.2, -0.15) is 0 Å². The average molecular weight is 335 g/mol. The summed E-state index contributed by atoms with van der Waals surface area (Å²) in [6.07, 6.45) is 7.09. The van der Waals surface area contributed by atoms with Crippen LogP contribution in [0.4, 0.5) is 0 Å². The lowest BCUT2D eigenvalue weighted by molar-refractivity contribution is -0.149. The van der Waals surface area contributed by atoms with E-state index in [1.54, 1.807) is 0 Å². The van der Waals surface area contributed by atoms with Crippen molar-refractivity contribution in [3.05, 3.63) is 0 Å². The van der Waals surface area contributed by atoms with Gasteiger partial charge in [0.25, 0.3) is 0 Å². The minimum Gasteiger partial charge on any atom is -0.353 e. The molecule has 0 heterocycles. The molecule has 0 aromatic heterocycles. The van der Waals surface area contributed by atoms with Gasteiger partial charge in [-0.1, -0.05) is 13.8 Å². The second-order valence-corrected chi connectivity index (χ2v) is 8.79. The van der Waals surface area contributed by atoms with Gasteiger partial charge in [-0.25, -0.2) is 0 Å². The Bertz CT molecular complexity index is 454. The maximum Gasteiger partial charge on any atom is 0.242 e. The molecule has 5 heteroatoms. The summed E-state index contributed by atoms with van der Waals surface area (Å²) in [5, 5.41) is 9.08. The maximum absolute atomic E-state index is 13.1. The van der Waals surface area contributed by atoms with Crippen molar-refractivity contribution in [2.24, 2.45) is 29.1 Å². The standard InChI is InChI=1S/C19H33N3O2/c1-12(2)16(17(23)21-5-4-20-3)22-18(24)19-9-13-6-14(10-19)8-15(7-13)11-19/h12-16,20H,4-11H2,1-3H3,(H,21,23)(H,22,24). The lowest BCUT2D eigenvalue weighted by atomic mass is 9.49. The first kappa shape index (κ1) is 17.7. The SMILES string of the molecule is CNCCNC(=O)C(NC(=O)C12CC3CC(CC(C3)C1)C2)C(C)C. The predicted molar refractivity (Wildman–Crippen MR) is 94.3 cm³/mol. The Kier molecular flexibility index (Phi) is 5.19. The summed E-state index contributed by atoms with van der Waals surface area (Å²) in [6, 6.07) is -0.428. The number of nitrogens with one attached hydrogen (secondary N) is 3. The number of hydrogen-bond acceptors (Lipinski definition) is 3. The lowest BCUT2D eigenvalue weighted by Gasteiger charge is -2.55. The molecular weight excluding hydrogens is 302 g/mol. The van der Waals surface area contributed by atoms with Crippen molar-refractivity contribution in [3.63, 3.8) is 0 Å². The highest BCUT2D eigenvalue weighted by molar-refractivity contribution is 5.90. The van der Waals surface area contributed by atoms with Crippen LogP contribution in [0.25, 0.3) is 0 Å². The zero-order valence-electron chi connectivity index (χ0n) is 15.4. The quantitative estimate of drug-likeness (QED) is 0.620. The van der Waals surface area contributed by atoms with Crippen LogP contribution in [0.3, 0.4) is 0 Å². The molecule has 4 rings (SSSR count). The van der Waals surface area contributed by atoms with Crippen LogP contribution in [0, 0.1) is 29.1 Å². The summed E-state index contributed by atoms with van der Waals surface area (Å²) >= 11 is 0. The Morgan fingerprint density at radius 2 is 1.54 bits per heavy atom. The highest BCUT2D eigenvalue weighted by Crippen LogP contribution is 2.60. The van der Waals surface area contributed by atoms with Gasteiger partial charge in [-0.15, -0.1) is 0 Å². The maximum atomic E-state index is 13.1. The Balaban J connectivity index is 1.64. The van der Waals surface area contributed by atoms with Crippen molar-refractivity contribution in [2.75, 3.05) is 20.1 Å². The number of carbonyl (C=O) groups excluding carboxylic acids is 2. The number of hydrogen-bond donors (Lipinski definition) is 3. The van der Waals surface area contributed by atoms with E-state index in [2.05, 4.69) is 16.0 Å². The number of rotatable bonds is 7. The normalized spacial score (nSPS) is 35.1.